The zero-order valence-electron chi connectivity index (χ0n) is 8.04. The molecule has 0 aliphatic heterocycles. The Bertz CT molecular complexity index is 218. The Morgan fingerprint density at radius 3 is 1.80 bits per heavy atom. The van der Waals surface area contributed by atoms with Crippen molar-refractivity contribution in [2.75, 3.05) is 0 Å². The van der Waals surface area contributed by atoms with Crippen molar-refractivity contribution in [1.82, 2.24) is 0 Å². The summed E-state index contributed by atoms with van der Waals surface area (Å²) < 4.78 is 31.7. The zero-order chi connectivity index (χ0) is 12.6. The van der Waals surface area contributed by atoms with Gasteiger partial charge in [0.1, 0.15) is 0 Å². The van der Waals surface area contributed by atoms with Crippen molar-refractivity contribution in [2.45, 2.75) is 32.0 Å². The van der Waals surface area contributed by atoms with Crippen LogP contribution in [0.1, 0.15) is 19.8 Å². The van der Waals surface area contributed by atoms with Gasteiger partial charge in [-0.3, -0.25) is 4.79 Å². The molecule has 0 fully saturated rings. The Labute approximate surface area is 84.2 Å². The number of amides is 1. The highest BCUT2D eigenvalue weighted by Gasteiger charge is 2.38. The number of rotatable bonds is 3. The Balaban J connectivity index is 0. The molecule has 0 aromatic heterocycles. The fourth-order valence-corrected chi connectivity index (χ4v) is 0.453. The van der Waals surface area contributed by atoms with Crippen molar-refractivity contribution in [3.8, 4) is 0 Å². The molecule has 1 amide bonds. The van der Waals surface area contributed by atoms with Crippen LogP contribution >= 0.6 is 0 Å². The van der Waals surface area contributed by atoms with Crippen LogP contribution in [0.2, 0.25) is 0 Å². The van der Waals surface area contributed by atoms with Crippen molar-refractivity contribution >= 4 is 11.9 Å². The van der Waals surface area contributed by atoms with Crippen LogP contribution in [0.15, 0.2) is 0 Å². The van der Waals surface area contributed by atoms with Gasteiger partial charge in [-0.25, -0.2) is 4.79 Å². The molecule has 0 aliphatic carbocycles. The summed E-state index contributed by atoms with van der Waals surface area (Å²) >= 11 is 0. The lowest BCUT2D eigenvalue weighted by Crippen LogP contribution is -2.35. The van der Waals surface area contributed by atoms with Crippen LogP contribution in [-0.2, 0) is 9.59 Å². The Hall–Kier alpha value is -1.31. The number of hydrogen-bond donors (Lipinski definition) is 3. The molecule has 1 unspecified atom stereocenters. The third kappa shape index (κ3) is 10.6. The molecule has 0 aromatic carbocycles. The smallest absolute Gasteiger partial charge is 0.475 e. The molecular formula is C7H13F3N2O3. The average molecular weight is 230 g/mol. The van der Waals surface area contributed by atoms with Gasteiger partial charge >= 0.3 is 12.1 Å². The van der Waals surface area contributed by atoms with E-state index in [1.54, 1.807) is 0 Å². The number of nitrogens with two attached hydrogens (primary N) is 2. The minimum absolute atomic E-state index is 0.410. The molecule has 0 aromatic rings. The van der Waals surface area contributed by atoms with Gasteiger partial charge in [0.2, 0.25) is 5.91 Å². The van der Waals surface area contributed by atoms with E-state index in [4.69, 9.17) is 21.4 Å². The van der Waals surface area contributed by atoms with Crippen LogP contribution in [0.4, 0.5) is 13.2 Å². The van der Waals surface area contributed by atoms with Gasteiger partial charge in [0.05, 0.1) is 6.04 Å². The van der Waals surface area contributed by atoms with Crippen molar-refractivity contribution in [1.29, 1.82) is 0 Å². The molecule has 0 aliphatic rings. The summed E-state index contributed by atoms with van der Waals surface area (Å²) in [5.74, 6) is -3.17. The van der Waals surface area contributed by atoms with E-state index < -0.39 is 24.1 Å². The van der Waals surface area contributed by atoms with E-state index in [1.165, 1.54) is 0 Å². The number of carbonyl (C=O) groups is 2. The number of aliphatic carboxylic acids is 1. The fourth-order valence-electron chi connectivity index (χ4n) is 0.453. The maximum Gasteiger partial charge on any atom is 0.490 e. The SMILES string of the molecule is CCCC(N)C(N)=O.O=C(O)C(F)(F)F. The summed E-state index contributed by atoms with van der Waals surface area (Å²) in [6.07, 6.45) is -3.49. The molecule has 5 N–H and O–H groups in total. The standard InChI is InChI=1S/C5H12N2O.C2HF3O2/c1-2-3-4(6)5(7)8;3-2(4,5)1(6)7/h4H,2-3,6H2,1H3,(H2,7,8);(H,6,7). The first-order valence-electron chi connectivity index (χ1n) is 3.97. The summed E-state index contributed by atoms with van der Waals surface area (Å²) in [6.45, 7) is 1.96. The normalized spacial score (nSPS) is 12.3. The Morgan fingerprint density at radius 1 is 1.40 bits per heavy atom. The topological polar surface area (TPSA) is 106 Å². The van der Waals surface area contributed by atoms with Crippen molar-refractivity contribution < 1.29 is 27.9 Å². The van der Waals surface area contributed by atoms with Gasteiger partial charge in [-0.1, -0.05) is 13.3 Å². The molecular weight excluding hydrogens is 217 g/mol. The number of primary amides is 1. The first-order valence-corrected chi connectivity index (χ1v) is 3.97. The van der Waals surface area contributed by atoms with Crippen LogP contribution in [-0.4, -0.2) is 29.2 Å². The minimum atomic E-state index is -5.08. The largest absolute Gasteiger partial charge is 0.490 e. The van der Waals surface area contributed by atoms with Gasteiger partial charge < -0.3 is 16.6 Å². The van der Waals surface area contributed by atoms with Crippen molar-refractivity contribution in [3.63, 3.8) is 0 Å². The molecule has 0 heterocycles. The van der Waals surface area contributed by atoms with E-state index in [-0.39, 0.29) is 0 Å². The van der Waals surface area contributed by atoms with Crippen LogP contribution in [0, 0.1) is 0 Å². The average Bonchev–Trinajstić information content (AvgIpc) is 2.03. The lowest BCUT2D eigenvalue weighted by atomic mass is 10.2. The third-order valence-electron chi connectivity index (χ3n) is 1.21. The first kappa shape index (κ1) is 16.1. The zero-order valence-corrected chi connectivity index (χ0v) is 8.04. The molecule has 0 spiro atoms. The second-order valence-electron chi connectivity index (χ2n) is 2.60. The van der Waals surface area contributed by atoms with E-state index in [2.05, 4.69) is 0 Å². The second kappa shape index (κ2) is 7.04. The van der Waals surface area contributed by atoms with E-state index >= 15 is 0 Å². The van der Waals surface area contributed by atoms with Gasteiger partial charge in [0.15, 0.2) is 0 Å². The van der Waals surface area contributed by atoms with Crippen molar-refractivity contribution in [2.24, 2.45) is 11.5 Å². The molecule has 15 heavy (non-hydrogen) atoms. The fraction of sp³-hybridized carbons (Fsp3) is 0.714. The van der Waals surface area contributed by atoms with Crippen LogP contribution in [0.3, 0.4) is 0 Å². The maximum absolute atomic E-state index is 10.6. The number of carboxylic acids is 1. The summed E-state index contributed by atoms with van der Waals surface area (Å²) in [7, 11) is 0. The van der Waals surface area contributed by atoms with Gasteiger partial charge in [0, 0.05) is 0 Å². The lowest BCUT2D eigenvalue weighted by molar-refractivity contribution is -0.192. The molecule has 0 saturated heterocycles. The molecule has 0 radical (unpaired) electrons. The Morgan fingerprint density at radius 2 is 1.73 bits per heavy atom. The maximum atomic E-state index is 10.6. The summed E-state index contributed by atoms with van der Waals surface area (Å²) in [4.78, 5) is 19.1. The highest BCUT2D eigenvalue weighted by molar-refractivity contribution is 5.79. The summed E-state index contributed by atoms with van der Waals surface area (Å²) in [5.41, 5.74) is 10.1. The quantitative estimate of drug-likeness (QED) is 0.645. The van der Waals surface area contributed by atoms with Gasteiger partial charge in [-0.2, -0.15) is 13.2 Å². The molecule has 8 heteroatoms. The predicted octanol–water partition coefficient (Wildman–Crippen LogP) is 0.232. The summed E-state index contributed by atoms with van der Waals surface area (Å²) in [5, 5.41) is 7.12. The number of halogens is 3. The molecule has 1 atom stereocenters. The van der Waals surface area contributed by atoms with Crippen LogP contribution in [0.25, 0.3) is 0 Å². The van der Waals surface area contributed by atoms with E-state index in [1.807, 2.05) is 6.92 Å². The van der Waals surface area contributed by atoms with E-state index in [9.17, 15) is 18.0 Å². The number of hydrogen-bond acceptors (Lipinski definition) is 3. The van der Waals surface area contributed by atoms with Crippen molar-refractivity contribution in [3.05, 3.63) is 0 Å². The molecule has 0 bridgehead atoms. The Kier molecular flexibility index (Phi) is 7.58. The minimum Gasteiger partial charge on any atom is -0.475 e. The molecule has 0 saturated carbocycles. The number of alkyl halides is 3. The number of carboxylic acid groups (broad SMARTS) is 1. The van der Waals surface area contributed by atoms with Crippen LogP contribution < -0.4 is 11.5 Å². The first-order chi connectivity index (χ1) is 6.62. The van der Waals surface area contributed by atoms with Gasteiger partial charge in [-0.05, 0) is 6.42 Å². The van der Waals surface area contributed by atoms with E-state index in [0.717, 1.165) is 6.42 Å². The monoisotopic (exact) mass is 230 g/mol. The predicted molar refractivity (Wildman–Crippen MR) is 45.8 cm³/mol. The third-order valence-corrected chi connectivity index (χ3v) is 1.21. The molecule has 5 nitrogen and oxygen atoms in total. The lowest BCUT2D eigenvalue weighted by Gasteiger charge is -2.01. The van der Waals surface area contributed by atoms with Gasteiger partial charge in [0.25, 0.3) is 0 Å². The van der Waals surface area contributed by atoms with Crippen LogP contribution in [0.5, 0.6) is 0 Å². The summed E-state index contributed by atoms with van der Waals surface area (Å²) in [6, 6.07) is -0.444. The highest BCUT2D eigenvalue weighted by atomic mass is 19.4. The number of carbonyl (C=O) groups excluding carboxylic acids is 1. The molecule has 90 valence electrons. The van der Waals surface area contributed by atoms with E-state index in [0.29, 0.717) is 6.42 Å². The molecule has 0 rings (SSSR count). The second-order valence-corrected chi connectivity index (χ2v) is 2.60. The highest BCUT2D eigenvalue weighted by Crippen LogP contribution is 2.13. The van der Waals surface area contributed by atoms with Gasteiger partial charge in [-0.15, -0.1) is 0 Å².